The normalized spacial score (nSPS) is 26.2. The average Bonchev–Trinajstić information content (AvgIpc) is 2.23. The van der Waals surface area contributed by atoms with Crippen LogP contribution in [0.1, 0.15) is 6.42 Å². The van der Waals surface area contributed by atoms with Crippen LogP contribution < -0.4 is 5.32 Å². The van der Waals surface area contributed by atoms with Gasteiger partial charge in [0.15, 0.2) is 0 Å². The fourth-order valence-electron chi connectivity index (χ4n) is 2.11. The highest BCUT2D eigenvalue weighted by Crippen LogP contribution is 2.06. The standard InChI is InChI=1S/C11H21N3/c1-13-5-7-14(8-6-13)10-11-3-2-4-12-9-11/h3,12H,2,4-10H2,1H3. The highest BCUT2D eigenvalue weighted by molar-refractivity contribution is 5.09. The van der Waals surface area contributed by atoms with Crippen LogP contribution in [0.15, 0.2) is 11.6 Å². The summed E-state index contributed by atoms with van der Waals surface area (Å²) in [4.78, 5) is 4.98. The van der Waals surface area contributed by atoms with Crippen molar-refractivity contribution in [3.05, 3.63) is 11.6 Å². The Bertz CT molecular complexity index is 205. The molecule has 2 rings (SSSR count). The first-order valence-corrected chi connectivity index (χ1v) is 5.64. The largest absolute Gasteiger partial charge is 0.313 e. The Hall–Kier alpha value is -0.380. The highest BCUT2D eigenvalue weighted by Gasteiger charge is 2.15. The first kappa shape index (κ1) is 10.1. The molecule has 0 radical (unpaired) electrons. The summed E-state index contributed by atoms with van der Waals surface area (Å²) >= 11 is 0. The Balaban J connectivity index is 1.77. The lowest BCUT2D eigenvalue weighted by molar-refractivity contribution is 0.163. The van der Waals surface area contributed by atoms with Gasteiger partial charge in [-0.25, -0.2) is 0 Å². The molecule has 2 aliphatic rings. The zero-order valence-electron chi connectivity index (χ0n) is 9.13. The molecule has 80 valence electrons. The number of hydrogen-bond donors (Lipinski definition) is 1. The quantitative estimate of drug-likeness (QED) is 0.633. The Morgan fingerprint density at radius 2 is 2.07 bits per heavy atom. The van der Waals surface area contributed by atoms with Crippen molar-refractivity contribution in [2.24, 2.45) is 0 Å². The van der Waals surface area contributed by atoms with Crippen LogP contribution >= 0.6 is 0 Å². The van der Waals surface area contributed by atoms with E-state index in [1.54, 1.807) is 5.57 Å². The van der Waals surface area contributed by atoms with Gasteiger partial charge in [-0.1, -0.05) is 6.08 Å². The lowest BCUT2D eigenvalue weighted by Gasteiger charge is -2.33. The van der Waals surface area contributed by atoms with E-state index in [-0.39, 0.29) is 0 Å². The van der Waals surface area contributed by atoms with Gasteiger partial charge in [-0.05, 0) is 25.6 Å². The van der Waals surface area contributed by atoms with Gasteiger partial charge in [0.1, 0.15) is 0 Å². The lowest BCUT2D eigenvalue weighted by Crippen LogP contribution is -2.45. The minimum absolute atomic E-state index is 1.10. The van der Waals surface area contributed by atoms with Gasteiger partial charge in [-0.3, -0.25) is 4.90 Å². The van der Waals surface area contributed by atoms with Gasteiger partial charge >= 0.3 is 0 Å². The number of likely N-dealkylation sites (N-methyl/N-ethyl adjacent to an activating group) is 1. The maximum Gasteiger partial charge on any atom is 0.0206 e. The predicted octanol–water partition coefficient (Wildman–Crippen LogP) is 0.154. The van der Waals surface area contributed by atoms with E-state index in [9.17, 15) is 0 Å². The van der Waals surface area contributed by atoms with E-state index in [2.05, 4.69) is 28.2 Å². The van der Waals surface area contributed by atoms with Crippen LogP contribution in [0.4, 0.5) is 0 Å². The summed E-state index contributed by atoms with van der Waals surface area (Å²) in [6, 6.07) is 0. The third-order valence-corrected chi connectivity index (χ3v) is 3.13. The van der Waals surface area contributed by atoms with Gasteiger partial charge in [-0.15, -0.1) is 0 Å². The van der Waals surface area contributed by atoms with E-state index < -0.39 is 0 Å². The molecule has 0 aliphatic carbocycles. The third kappa shape index (κ3) is 2.80. The minimum Gasteiger partial charge on any atom is -0.313 e. The lowest BCUT2D eigenvalue weighted by atomic mass is 10.1. The van der Waals surface area contributed by atoms with Crippen LogP contribution in [-0.2, 0) is 0 Å². The Labute approximate surface area is 86.8 Å². The first-order valence-electron chi connectivity index (χ1n) is 5.64. The second kappa shape index (κ2) is 4.91. The molecule has 3 nitrogen and oxygen atoms in total. The van der Waals surface area contributed by atoms with Crippen LogP contribution in [-0.4, -0.2) is 62.7 Å². The van der Waals surface area contributed by atoms with Crippen molar-refractivity contribution >= 4 is 0 Å². The smallest absolute Gasteiger partial charge is 0.0206 e. The molecular weight excluding hydrogens is 174 g/mol. The number of hydrogen-bond acceptors (Lipinski definition) is 3. The van der Waals surface area contributed by atoms with E-state index in [0.29, 0.717) is 0 Å². The number of rotatable bonds is 2. The van der Waals surface area contributed by atoms with Gasteiger partial charge in [0.25, 0.3) is 0 Å². The summed E-state index contributed by atoms with van der Waals surface area (Å²) in [6.07, 6.45) is 3.62. The van der Waals surface area contributed by atoms with Crippen molar-refractivity contribution in [1.29, 1.82) is 0 Å². The molecule has 0 atom stereocenters. The maximum atomic E-state index is 3.43. The Morgan fingerprint density at radius 1 is 1.29 bits per heavy atom. The van der Waals surface area contributed by atoms with Crippen molar-refractivity contribution in [1.82, 2.24) is 15.1 Å². The molecule has 1 saturated heterocycles. The molecule has 0 amide bonds. The molecule has 1 fully saturated rings. The number of nitrogens with zero attached hydrogens (tertiary/aromatic N) is 2. The molecule has 2 heterocycles. The van der Waals surface area contributed by atoms with Crippen molar-refractivity contribution < 1.29 is 0 Å². The summed E-state index contributed by atoms with van der Waals surface area (Å²) in [6.45, 7) is 8.35. The maximum absolute atomic E-state index is 3.43. The third-order valence-electron chi connectivity index (χ3n) is 3.13. The molecule has 0 saturated carbocycles. The van der Waals surface area contributed by atoms with Gasteiger partial charge in [0, 0.05) is 39.3 Å². The highest BCUT2D eigenvalue weighted by atomic mass is 15.2. The number of nitrogens with one attached hydrogen (secondary N) is 1. The fourth-order valence-corrected chi connectivity index (χ4v) is 2.11. The van der Waals surface area contributed by atoms with Crippen LogP contribution in [0.5, 0.6) is 0 Å². The molecule has 0 aromatic heterocycles. The van der Waals surface area contributed by atoms with Crippen LogP contribution in [0.25, 0.3) is 0 Å². The van der Waals surface area contributed by atoms with Crippen molar-refractivity contribution in [3.8, 4) is 0 Å². The van der Waals surface area contributed by atoms with E-state index in [1.165, 1.54) is 39.1 Å². The van der Waals surface area contributed by atoms with Crippen molar-refractivity contribution in [2.45, 2.75) is 6.42 Å². The molecular formula is C11H21N3. The van der Waals surface area contributed by atoms with E-state index >= 15 is 0 Å². The molecule has 0 bridgehead atoms. The Morgan fingerprint density at radius 3 is 2.71 bits per heavy atom. The minimum atomic E-state index is 1.10. The van der Waals surface area contributed by atoms with Crippen molar-refractivity contribution in [3.63, 3.8) is 0 Å². The summed E-state index contributed by atoms with van der Waals surface area (Å²) in [5.41, 5.74) is 1.58. The van der Waals surface area contributed by atoms with Gasteiger partial charge in [0.2, 0.25) is 0 Å². The van der Waals surface area contributed by atoms with Crippen LogP contribution in [0.3, 0.4) is 0 Å². The molecule has 0 aromatic rings. The Kier molecular flexibility index (Phi) is 3.56. The molecule has 14 heavy (non-hydrogen) atoms. The number of piperazine rings is 1. The second-order valence-electron chi connectivity index (χ2n) is 4.41. The predicted molar refractivity (Wildman–Crippen MR) is 59.5 cm³/mol. The topological polar surface area (TPSA) is 18.5 Å². The summed E-state index contributed by atoms with van der Waals surface area (Å²) in [5, 5.41) is 3.43. The van der Waals surface area contributed by atoms with E-state index in [0.717, 1.165) is 13.1 Å². The SMILES string of the molecule is CN1CCN(CC2=CCCNC2)CC1. The summed E-state index contributed by atoms with van der Waals surface area (Å²) in [7, 11) is 2.21. The molecule has 1 N–H and O–H groups in total. The summed E-state index contributed by atoms with van der Waals surface area (Å²) < 4.78 is 0. The monoisotopic (exact) mass is 195 g/mol. The van der Waals surface area contributed by atoms with E-state index in [1.807, 2.05) is 0 Å². The average molecular weight is 195 g/mol. The second-order valence-corrected chi connectivity index (χ2v) is 4.41. The van der Waals surface area contributed by atoms with Gasteiger partial charge in [0.05, 0.1) is 0 Å². The van der Waals surface area contributed by atoms with Crippen LogP contribution in [0, 0.1) is 0 Å². The van der Waals surface area contributed by atoms with Crippen molar-refractivity contribution in [2.75, 3.05) is 52.9 Å². The summed E-state index contributed by atoms with van der Waals surface area (Å²) in [5.74, 6) is 0. The van der Waals surface area contributed by atoms with E-state index in [4.69, 9.17) is 0 Å². The van der Waals surface area contributed by atoms with Crippen LogP contribution in [0.2, 0.25) is 0 Å². The molecule has 2 aliphatic heterocycles. The molecule has 0 aromatic carbocycles. The molecule has 0 spiro atoms. The first-order chi connectivity index (χ1) is 6.84. The zero-order valence-corrected chi connectivity index (χ0v) is 9.13. The van der Waals surface area contributed by atoms with Gasteiger partial charge < -0.3 is 10.2 Å². The fraction of sp³-hybridized carbons (Fsp3) is 0.818. The zero-order chi connectivity index (χ0) is 9.80. The molecule has 3 heteroatoms. The van der Waals surface area contributed by atoms with Gasteiger partial charge in [-0.2, -0.15) is 0 Å². The molecule has 0 unspecified atom stereocenters.